The average molecular weight is 656 g/mol. The third-order valence-electron chi connectivity index (χ3n) is 5.01. The second-order valence-corrected chi connectivity index (χ2v) is 14.6. The lowest BCUT2D eigenvalue weighted by atomic mass is 10.2. The van der Waals surface area contributed by atoms with Gasteiger partial charge in [0.2, 0.25) is 0 Å². The van der Waals surface area contributed by atoms with E-state index in [2.05, 4.69) is 0 Å². The molecule has 0 saturated heterocycles. The first kappa shape index (κ1) is 42.1. The molecule has 0 aromatic rings. The fourth-order valence-corrected chi connectivity index (χ4v) is 3.66. The Morgan fingerprint density at radius 3 is 1.02 bits per heavy atom. The number of hydrogen-bond acceptors (Lipinski definition) is 11. The topological polar surface area (TPSA) is 132 Å². The molecule has 0 bridgehead atoms. The summed E-state index contributed by atoms with van der Waals surface area (Å²) < 4.78 is 61.4. The first-order valence-corrected chi connectivity index (χ1v) is 14.6. The van der Waals surface area contributed by atoms with Crippen molar-refractivity contribution in [2.45, 2.75) is 112 Å². The molecule has 0 N–H and O–H groups in total. The van der Waals surface area contributed by atoms with Crippen LogP contribution in [0.2, 0.25) is 0 Å². The number of nitrogens with zero attached hydrogens (tertiary/aromatic N) is 3. The van der Waals surface area contributed by atoms with Gasteiger partial charge in [-0.15, -0.1) is 0 Å². The van der Waals surface area contributed by atoms with Crippen LogP contribution in [-0.4, -0.2) is 125 Å². The Morgan fingerprint density at radius 1 is 0.444 bits per heavy atom. The van der Waals surface area contributed by atoms with Crippen LogP contribution in [0.15, 0.2) is 0 Å². The Labute approximate surface area is 264 Å². The minimum absolute atomic E-state index is 0.0272. The second-order valence-electron chi connectivity index (χ2n) is 14.6. The molecule has 0 aromatic carbocycles. The molecule has 0 saturated carbocycles. The Hall–Kier alpha value is -2.94. The minimum Gasteiger partial charge on any atom is -0.459 e. The van der Waals surface area contributed by atoms with Crippen molar-refractivity contribution in [2.24, 2.45) is 0 Å². The number of halogens is 3. The van der Waals surface area contributed by atoms with Crippen LogP contribution in [0.25, 0.3) is 0 Å². The van der Waals surface area contributed by atoms with Crippen LogP contribution in [0.3, 0.4) is 0 Å². The first-order chi connectivity index (χ1) is 20.0. The number of alkyl halides is 3. The van der Waals surface area contributed by atoms with E-state index in [1.165, 1.54) is 30.6 Å². The predicted molar refractivity (Wildman–Crippen MR) is 159 cm³/mol. The van der Waals surface area contributed by atoms with Crippen molar-refractivity contribution in [3.8, 4) is 0 Å². The van der Waals surface area contributed by atoms with Gasteiger partial charge in [0.05, 0.1) is 19.6 Å². The van der Waals surface area contributed by atoms with E-state index < -0.39 is 78.0 Å². The van der Waals surface area contributed by atoms with E-state index in [1.54, 1.807) is 62.3 Å². The summed E-state index contributed by atoms with van der Waals surface area (Å²) in [5.74, 6) is -5.26. The van der Waals surface area contributed by atoms with Gasteiger partial charge in [-0.05, 0) is 83.1 Å². The zero-order valence-electron chi connectivity index (χ0n) is 28.8. The molecule has 0 spiro atoms. The van der Waals surface area contributed by atoms with Gasteiger partial charge in [0.1, 0.15) is 28.9 Å². The van der Waals surface area contributed by atoms with Crippen molar-refractivity contribution >= 4 is 29.8 Å². The summed E-state index contributed by atoms with van der Waals surface area (Å²) in [6.07, 6.45) is -5.27. The molecule has 0 aromatic heterocycles. The Balaban J connectivity index is 6.08. The Kier molecular flexibility index (Phi) is 15.5. The summed E-state index contributed by atoms with van der Waals surface area (Å²) in [6.45, 7) is 16.6. The third-order valence-corrected chi connectivity index (χ3v) is 5.01. The standard InChI is InChI=1S/C30H52F3N3O9/c1-26(2,3)42-21(37)17-34(15-16-36(25(41)30(31,32)33)20-24(40)45-29(10,11)12)13-14-35(18-22(38)43-27(4,5)6)19-23(39)44-28(7,8)9/h13-20H2,1-12H3. The number of carbonyl (C=O) groups excluding carboxylic acids is 5. The molecule has 0 heterocycles. The van der Waals surface area contributed by atoms with Gasteiger partial charge in [-0.2, -0.15) is 13.2 Å². The number of ether oxygens (including phenoxy) is 4. The zero-order valence-corrected chi connectivity index (χ0v) is 28.8. The maximum Gasteiger partial charge on any atom is 0.471 e. The lowest BCUT2D eigenvalue weighted by molar-refractivity contribution is -0.188. The minimum atomic E-state index is -5.27. The largest absolute Gasteiger partial charge is 0.471 e. The van der Waals surface area contributed by atoms with Gasteiger partial charge >= 0.3 is 36.0 Å². The van der Waals surface area contributed by atoms with Gasteiger partial charge in [0.15, 0.2) is 0 Å². The normalized spacial score (nSPS) is 13.0. The molecule has 1 amide bonds. The molecule has 0 atom stereocenters. The molecular formula is C30H52F3N3O9. The molecule has 15 heteroatoms. The van der Waals surface area contributed by atoms with E-state index in [-0.39, 0.29) is 32.7 Å². The fourth-order valence-electron chi connectivity index (χ4n) is 3.66. The average Bonchev–Trinajstić information content (AvgIpc) is 2.73. The van der Waals surface area contributed by atoms with Crippen molar-refractivity contribution in [3.05, 3.63) is 0 Å². The molecule has 0 unspecified atom stereocenters. The molecule has 262 valence electrons. The second kappa shape index (κ2) is 16.6. The van der Waals surface area contributed by atoms with Gasteiger partial charge in [-0.3, -0.25) is 33.8 Å². The summed E-state index contributed by atoms with van der Waals surface area (Å²) >= 11 is 0. The van der Waals surface area contributed by atoms with Crippen LogP contribution in [0.5, 0.6) is 0 Å². The van der Waals surface area contributed by atoms with E-state index >= 15 is 0 Å². The lowest BCUT2D eigenvalue weighted by Crippen LogP contribution is -2.50. The number of rotatable bonds is 14. The van der Waals surface area contributed by atoms with Gasteiger partial charge < -0.3 is 23.8 Å². The number of carbonyl (C=O) groups is 5. The molecular weight excluding hydrogens is 603 g/mol. The van der Waals surface area contributed by atoms with Crippen molar-refractivity contribution < 1.29 is 56.1 Å². The third kappa shape index (κ3) is 22.3. The van der Waals surface area contributed by atoms with E-state index in [1.807, 2.05) is 0 Å². The van der Waals surface area contributed by atoms with Crippen molar-refractivity contribution in [1.29, 1.82) is 0 Å². The smallest absolute Gasteiger partial charge is 0.459 e. The molecule has 0 fully saturated rings. The molecule has 0 aliphatic carbocycles. The van der Waals surface area contributed by atoms with E-state index in [9.17, 15) is 37.1 Å². The maximum absolute atomic E-state index is 13.4. The molecule has 0 aliphatic heterocycles. The highest BCUT2D eigenvalue weighted by Crippen LogP contribution is 2.19. The molecule has 45 heavy (non-hydrogen) atoms. The summed E-state index contributed by atoms with van der Waals surface area (Å²) in [7, 11) is 0. The summed E-state index contributed by atoms with van der Waals surface area (Å²) in [6, 6.07) is 0. The Bertz CT molecular complexity index is 991. The number of amides is 1. The lowest BCUT2D eigenvalue weighted by Gasteiger charge is -2.31. The highest BCUT2D eigenvalue weighted by atomic mass is 19.4. The van der Waals surface area contributed by atoms with Gasteiger partial charge in [0.25, 0.3) is 0 Å². The van der Waals surface area contributed by atoms with Crippen molar-refractivity contribution in [1.82, 2.24) is 14.7 Å². The maximum atomic E-state index is 13.4. The number of esters is 4. The van der Waals surface area contributed by atoms with Crippen LogP contribution in [0.1, 0.15) is 83.1 Å². The zero-order chi connectivity index (χ0) is 35.6. The van der Waals surface area contributed by atoms with Crippen LogP contribution in [0, 0.1) is 0 Å². The fraction of sp³-hybridized carbons (Fsp3) is 0.833. The first-order valence-electron chi connectivity index (χ1n) is 14.6. The number of hydrogen-bond donors (Lipinski definition) is 0. The van der Waals surface area contributed by atoms with Gasteiger partial charge in [0, 0.05) is 26.2 Å². The molecule has 0 radical (unpaired) electrons. The van der Waals surface area contributed by atoms with E-state index in [0.29, 0.717) is 4.90 Å². The SMILES string of the molecule is CC(C)(C)OC(=O)CN(CCN(CC(=O)OC(C)(C)C)CC(=O)OC(C)(C)C)CCN(CC(=O)OC(C)(C)C)C(=O)C(F)(F)F. The predicted octanol–water partition coefficient (Wildman–Crippen LogP) is 3.35. The van der Waals surface area contributed by atoms with Crippen LogP contribution in [-0.2, 0) is 42.9 Å². The monoisotopic (exact) mass is 655 g/mol. The highest BCUT2D eigenvalue weighted by molar-refractivity contribution is 5.86. The van der Waals surface area contributed by atoms with E-state index in [4.69, 9.17) is 18.9 Å². The van der Waals surface area contributed by atoms with Crippen LogP contribution < -0.4 is 0 Å². The van der Waals surface area contributed by atoms with Gasteiger partial charge in [-0.25, -0.2) is 0 Å². The summed E-state index contributed by atoms with van der Waals surface area (Å²) in [5.41, 5.74) is -3.48. The summed E-state index contributed by atoms with van der Waals surface area (Å²) in [4.78, 5) is 65.5. The van der Waals surface area contributed by atoms with E-state index in [0.717, 1.165) is 0 Å². The molecule has 0 aliphatic rings. The Morgan fingerprint density at radius 2 is 0.711 bits per heavy atom. The molecule has 0 rings (SSSR count). The summed E-state index contributed by atoms with van der Waals surface area (Å²) in [5, 5.41) is 0. The van der Waals surface area contributed by atoms with Crippen molar-refractivity contribution in [3.63, 3.8) is 0 Å². The quantitative estimate of drug-likeness (QED) is 0.202. The van der Waals surface area contributed by atoms with Crippen molar-refractivity contribution in [2.75, 3.05) is 52.4 Å². The molecule has 12 nitrogen and oxygen atoms in total. The van der Waals surface area contributed by atoms with Crippen LogP contribution in [0.4, 0.5) is 13.2 Å². The van der Waals surface area contributed by atoms with Gasteiger partial charge in [-0.1, -0.05) is 0 Å². The van der Waals surface area contributed by atoms with Crippen LogP contribution >= 0.6 is 0 Å². The highest BCUT2D eigenvalue weighted by Gasteiger charge is 2.43.